The van der Waals surface area contributed by atoms with Gasteiger partial charge in [-0.15, -0.1) is 0 Å². The van der Waals surface area contributed by atoms with E-state index < -0.39 is 18.0 Å². The molecule has 0 radical (unpaired) electrons. The molecule has 2 aromatic carbocycles. The molecule has 0 unspecified atom stereocenters. The predicted molar refractivity (Wildman–Crippen MR) is 103 cm³/mol. The number of ether oxygens (including phenoxy) is 2. The Kier molecular flexibility index (Phi) is 6.09. The highest BCUT2D eigenvalue weighted by Crippen LogP contribution is 2.31. The Morgan fingerprint density at radius 3 is 2.50 bits per heavy atom. The fourth-order valence-corrected chi connectivity index (χ4v) is 3.25. The van der Waals surface area contributed by atoms with Crippen LogP contribution in [0.25, 0.3) is 0 Å². The van der Waals surface area contributed by atoms with Crippen LogP contribution >= 0.6 is 0 Å². The molecule has 146 valence electrons. The molecule has 3 rings (SSSR count). The Hall–Kier alpha value is -3.15. The van der Waals surface area contributed by atoms with Crippen molar-refractivity contribution in [3.8, 4) is 0 Å². The smallest absolute Gasteiger partial charge is 0.339 e. The van der Waals surface area contributed by atoms with Crippen molar-refractivity contribution in [1.29, 1.82) is 0 Å². The zero-order valence-corrected chi connectivity index (χ0v) is 16.0. The lowest BCUT2D eigenvalue weighted by atomic mass is 9.93. The van der Waals surface area contributed by atoms with Gasteiger partial charge in [-0.1, -0.05) is 30.3 Å². The van der Waals surface area contributed by atoms with E-state index in [9.17, 15) is 14.4 Å². The standard InChI is InChI=1S/C22H23NO5/c1-3-23(4-2)20(24)14-27-21(25)16-10-11-18-17(12-16)13-19(28-22(18)26)15-8-6-5-7-9-15/h5-12,19H,3-4,13-14H2,1-2H3/t19-/m1/s1. The lowest BCUT2D eigenvalue weighted by Crippen LogP contribution is -2.34. The number of rotatable bonds is 6. The van der Waals surface area contributed by atoms with Crippen molar-refractivity contribution in [2.45, 2.75) is 26.4 Å². The van der Waals surface area contributed by atoms with Crippen LogP contribution in [0.15, 0.2) is 48.5 Å². The predicted octanol–water partition coefficient (Wildman–Crippen LogP) is 3.17. The van der Waals surface area contributed by atoms with E-state index in [0.29, 0.717) is 30.6 Å². The molecule has 1 atom stereocenters. The Bertz CT molecular complexity index is 874. The maximum Gasteiger partial charge on any atom is 0.339 e. The molecule has 0 saturated heterocycles. The van der Waals surface area contributed by atoms with Crippen molar-refractivity contribution >= 4 is 17.8 Å². The molecule has 6 heteroatoms. The van der Waals surface area contributed by atoms with Crippen molar-refractivity contribution in [2.24, 2.45) is 0 Å². The number of carbonyl (C=O) groups excluding carboxylic acids is 3. The topological polar surface area (TPSA) is 72.9 Å². The highest BCUT2D eigenvalue weighted by molar-refractivity contribution is 5.96. The molecule has 1 aliphatic heterocycles. The van der Waals surface area contributed by atoms with Gasteiger partial charge in [-0.25, -0.2) is 9.59 Å². The van der Waals surface area contributed by atoms with Gasteiger partial charge in [-0.3, -0.25) is 4.79 Å². The third-order valence-corrected chi connectivity index (χ3v) is 4.83. The lowest BCUT2D eigenvalue weighted by Gasteiger charge is -2.25. The van der Waals surface area contributed by atoms with Gasteiger partial charge in [0.05, 0.1) is 11.1 Å². The number of fused-ring (bicyclic) bond motifs is 1. The molecule has 0 bridgehead atoms. The summed E-state index contributed by atoms with van der Waals surface area (Å²) in [6, 6.07) is 14.2. The second-order valence-electron chi connectivity index (χ2n) is 6.52. The minimum atomic E-state index is -0.585. The molecule has 0 aliphatic carbocycles. The number of likely N-dealkylation sites (N-methyl/N-ethyl adjacent to an activating group) is 1. The zero-order chi connectivity index (χ0) is 20.1. The van der Waals surface area contributed by atoms with Gasteiger partial charge in [-0.2, -0.15) is 0 Å². The number of amides is 1. The number of benzene rings is 2. The first kappa shape index (κ1) is 19.6. The number of esters is 2. The van der Waals surface area contributed by atoms with Crippen molar-refractivity contribution in [1.82, 2.24) is 4.90 Å². The summed E-state index contributed by atoms with van der Waals surface area (Å²) in [6.45, 7) is 4.57. The van der Waals surface area contributed by atoms with E-state index in [1.807, 2.05) is 44.2 Å². The molecule has 1 heterocycles. The number of hydrogen-bond donors (Lipinski definition) is 0. The summed E-state index contributed by atoms with van der Waals surface area (Å²) >= 11 is 0. The Morgan fingerprint density at radius 1 is 1.11 bits per heavy atom. The number of cyclic esters (lactones) is 1. The van der Waals surface area contributed by atoms with Crippen LogP contribution in [0.1, 0.15) is 51.8 Å². The van der Waals surface area contributed by atoms with Crippen molar-refractivity contribution in [3.05, 3.63) is 70.8 Å². The molecular weight excluding hydrogens is 358 g/mol. The van der Waals surface area contributed by atoms with Crippen molar-refractivity contribution in [3.63, 3.8) is 0 Å². The first-order chi connectivity index (χ1) is 13.5. The van der Waals surface area contributed by atoms with Gasteiger partial charge in [-0.05, 0) is 43.2 Å². The summed E-state index contributed by atoms with van der Waals surface area (Å²) in [7, 11) is 0. The molecule has 1 aliphatic rings. The highest BCUT2D eigenvalue weighted by atomic mass is 16.5. The van der Waals surface area contributed by atoms with E-state index in [4.69, 9.17) is 9.47 Å². The molecule has 0 N–H and O–H groups in total. The van der Waals surface area contributed by atoms with E-state index >= 15 is 0 Å². The summed E-state index contributed by atoms with van der Waals surface area (Å²) in [4.78, 5) is 38.3. The maximum atomic E-state index is 12.4. The number of hydrogen-bond acceptors (Lipinski definition) is 5. The second kappa shape index (κ2) is 8.69. The molecule has 0 aromatic heterocycles. The summed E-state index contributed by atoms with van der Waals surface area (Å²) in [6.07, 6.45) is 0.0848. The van der Waals surface area contributed by atoms with Crippen molar-refractivity contribution < 1.29 is 23.9 Å². The summed E-state index contributed by atoms with van der Waals surface area (Å²) < 4.78 is 10.7. The number of carbonyl (C=O) groups is 3. The van der Waals surface area contributed by atoms with Gasteiger partial charge < -0.3 is 14.4 Å². The largest absolute Gasteiger partial charge is 0.454 e. The lowest BCUT2D eigenvalue weighted by molar-refractivity contribution is -0.134. The van der Waals surface area contributed by atoms with Gasteiger partial charge in [0.15, 0.2) is 6.61 Å². The first-order valence-corrected chi connectivity index (χ1v) is 9.37. The Morgan fingerprint density at radius 2 is 1.82 bits per heavy atom. The fraction of sp³-hybridized carbons (Fsp3) is 0.318. The van der Waals surface area contributed by atoms with E-state index in [2.05, 4.69) is 0 Å². The van der Waals surface area contributed by atoms with E-state index in [-0.39, 0.29) is 12.5 Å². The summed E-state index contributed by atoms with van der Waals surface area (Å²) in [5.41, 5.74) is 2.39. The average molecular weight is 381 g/mol. The van der Waals surface area contributed by atoms with Gasteiger partial charge in [0.2, 0.25) is 0 Å². The minimum absolute atomic E-state index is 0.232. The average Bonchev–Trinajstić information content (AvgIpc) is 2.73. The molecule has 1 amide bonds. The fourth-order valence-electron chi connectivity index (χ4n) is 3.25. The third-order valence-electron chi connectivity index (χ3n) is 4.83. The van der Waals surface area contributed by atoms with Gasteiger partial charge in [0.1, 0.15) is 6.10 Å². The van der Waals surface area contributed by atoms with Crippen LogP contribution < -0.4 is 0 Å². The molecule has 2 aromatic rings. The van der Waals surface area contributed by atoms with Crippen LogP contribution in [-0.4, -0.2) is 42.4 Å². The first-order valence-electron chi connectivity index (χ1n) is 9.37. The quantitative estimate of drug-likeness (QED) is 0.719. The molecule has 28 heavy (non-hydrogen) atoms. The normalized spacial score (nSPS) is 15.4. The summed E-state index contributed by atoms with van der Waals surface area (Å²) in [5.74, 6) is -1.23. The monoisotopic (exact) mass is 381 g/mol. The van der Waals surface area contributed by atoms with Crippen LogP contribution in [0, 0.1) is 0 Å². The van der Waals surface area contributed by atoms with E-state index in [1.54, 1.807) is 17.0 Å². The molecule has 6 nitrogen and oxygen atoms in total. The van der Waals surface area contributed by atoms with Crippen LogP contribution in [0.4, 0.5) is 0 Å². The Labute approximate surface area is 164 Å². The molecule has 0 fully saturated rings. The van der Waals surface area contributed by atoms with Crippen molar-refractivity contribution in [2.75, 3.05) is 19.7 Å². The SMILES string of the molecule is CCN(CC)C(=O)COC(=O)c1ccc2c(c1)C[C@H](c1ccccc1)OC2=O. The second-order valence-corrected chi connectivity index (χ2v) is 6.52. The third kappa shape index (κ3) is 4.22. The molecular formula is C22H23NO5. The van der Waals surface area contributed by atoms with Crippen LogP contribution in [0.2, 0.25) is 0 Å². The number of nitrogens with zero attached hydrogens (tertiary/aromatic N) is 1. The van der Waals surface area contributed by atoms with Gasteiger partial charge >= 0.3 is 11.9 Å². The van der Waals surface area contributed by atoms with Crippen LogP contribution in [-0.2, 0) is 20.7 Å². The Balaban J connectivity index is 1.73. The highest BCUT2D eigenvalue weighted by Gasteiger charge is 2.28. The van der Waals surface area contributed by atoms with Gasteiger partial charge in [0.25, 0.3) is 5.91 Å². The van der Waals surface area contributed by atoms with Gasteiger partial charge in [0, 0.05) is 19.5 Å². The molecule has 0 saturated carbocycles. The van der Waals surface area contributed by atoms with E-state index in [1.165, 1.54) is 6.07 Å². The minimum Gasteiger partial charge on any atom is -0.454 e. The maximum absolute atomic E-state index is 12.4. The summed E-state index contributed by atoms with van der Waals surface area (Å²) in [5, 5.41) is 0. The van der Waals surface area contributed by atoms with Crippen LogP contribution in [0.5, 0.6) is 0 Å². The van der Waals surface area contributed by atoms with Crippen LogP contribution in [0.3, 0.4) is 0 Å². The van der Waals surface area contributed by atoms with E-state index in [0.717, 1.165) is 11.1 Å². The zero-order valence-electron chi connectivity index (χ0n) is 16.0. The molecule has 0 spiro atoms.